The lowest BCUT2D eigenvalue weighted by molar-refractivity contribution is 0.724. The van der Waals surface area contributed by atoms with E-state index in [1.807, 2.05) is 31.8 Å². The van der Waals surface area contributed by atoms with Crippen molar-refractivity contribution in [3.63, 3.8) is 0 Å². The van der Waals surface area contributed by atoms with Gasteiger partial charge in [0, 0.05) is 47.0 Å². The van der Waals surface area contributed by atoms with Crippen molar-refractivity contribution < 1.29 is 0 Å². The van der Waals surface area contributed by atoms with Crippen LogP contribution in [0.5, 0.6) is 0 Å². The summed E-state index contributed by atoms with van der Waals surface area (Å²) < 4.78 is 2.06. The molecule has 168 valence electrons. The van der Waals surface area contributed by atoms with E-state index in [9.17, 15) is 0 Å². The topological polar surface area (TPSA) is 87.2 Å². The summed E-state index contributed by atoms with van der Waals surface area (Å²) in [6.07, 6.45) is 7.72. The van der Waals surface area contributed by atoms with Crippen LogP contribution in [0.3, 0.4) is 0 Å². The number of nitrogens with one attached hydrogen (secondary N) is 3. The zero-order valence-electron chi connectivity index (χ0n) is 19.1. The fourth-order valence-corrected chi connectivity index (χ4v) is 4.46. The average Bonchev–Trinajstić information content (AvgIpc) is 3.59. The van der Waals surface area contributed by atoms with Crippen molar-refractivity contribution in [2.24, 2.45) is 0 Å². The van der Waals surface area contributed by atoms with Gasteiger partial charge in [0.25, 0.3) is 0 Å². The maximum absolute atomic E-state index is 4.66. The molecule has 0 unspecified atom stereocenters. The number of hydrogen-bond donors (Lipinski definition) is 3. The molecule has 0 radical (unpaired) electrons. The van der Waals surface area contributed by atoms with E-state index in [1.54, 1.807) is 0 Å². The Kier molecular flexibility index (Phi) is 4.96. The number of nitrogens with zero attached hydrogens (tertiary/aromatic N) is 4. The third kappa shape index (κ3) is 3.56. The third-order valence-electron chi connectivity index (χ3n) is 6.16. The molecule has 4 aromatic heterocycles. The number of fused-ring (bicyclic) bond motifs is 2. The monoisotopic (exact) mass is 447 g/mol. The Hall–Kier alpha value is -4.23. The highest BCUT2D eigenvalue weighted by atomic mass is 15.1. The maximum atomic E-state index is 4.66. The summed E-state index contributed by atoms with van der Waals surface area (Å²) >= 11 is 0. The molecule has 0 spiro atoms. The summed E-state index contributed by atoms with van der Waals surface area (Å²) in [5.41, 5.74) is 9.40. The van der Waals surface area contributed by atoms with Crippen LogP contribution in [-0.2, 0) is 6.54 Å². The summed E-state index contributed by atoms with van der Waals surface area (Å²) in [6, 6.07) is 17.0. The molecular formula is C27H25N7. The number of benzene rings is 2. The summed E-state index contributed by atoms with van der Waals surface area (Å²) in [6.45, 7) is 5.85. The Morgan fingerprint density at radius 3 is 2.76 bits per heavy atom. The van der Waals surface area contributed by atoms with Crippen LogP contribution in [-0.4, -0.2) is 36.3 Å². The zero-order chi connectivity index (χ0) is 23.1. The van der Waals surface area contributed by atoms with Crippen LogP contribution in [0.2, 0.25) is 0 Å². The van der Waals surface area contributed by atoms with Gasteiger partial charge in [-0.3, -0.25) is 10.1 Å². The number of aromatic amines is 2. The highest BCUT2D eigenvalue weighted by Gasteiger charge is 2.14. The summed E-state index contributed by atoms with van der Waals surface area (Å²) in [4.78, 5) is 12.4. The quantitative estimate of drug-likeness (QED) is 0.320. The molecular weight excluding hydrogens is 422 g/mol. The molecule has 4 heterocycles. The Morgan fingerprint density at radius 2 is 1.91 bits per heavy atom. The van der Waals surface area contributed by atoms with Crippen LogP contribution in [0.4, 0.5) is 0 Å². The molecule has 0 amide bonds. The Morgan fingerprint density at radius 1 is 0.971 bits per heavy atom. The molecule has 0 saturated carbocycles. The Labute approximate surface area is 196 Å². The normalized spacial score (nSPS) is 11.6. The van der Waals surface area contributed by atoms with Crippen molar-refractivity contribution in [3.05, 3.63) is 84.7 Å². The van der Waals surface area contributed by atoms with Crippen LogP contribution >= 0.6 is 0 Å². The van der Waals surface area contributed by atoms with Crippen molar-refractivity contribution in [3.8, 4) is 28.2 Å². The standard InChI is InChI=1S/C27H25N7/c1-3-28-12-18-9-20(14-29-13-18)19-7-8-24-22(10-19)27(33-32-24)25-11-21-23(31-25)5-4-6-26(21)34-15-17(2)30-16-34/h4-11,13-16,28,31H,3,12H2,1-2H3,(H,32,33). The fraction of sp³-hybridized carbons (Fsp3) is 0.148. The van der Waals surface area contributed by atoms with Crippen molar-refractivity contribution in [2.75, 3.05) is 6.54 Å². The van der Waals surface area contributed by atoms with Gasteiger partial charge in [-0.2, -0.15) is 5.10 Å². The number of imidazole rings is 1. The number of hydrogen-bond acceptors (Lipinski definition) is 4. The molecule has 3 N–H and O–H groups in total. The number of H-pyrrole nitrogens is 2. The predicted octanol–water partition coefficient (Wildman–Crippen LogP) is 5.38. The fourth-order valence-electron chi connectivity index (χ4n) is 4.46. The first kappa shape index (κ1) is 20.4. The van der Waals surface area contributed by atoms with Gasteiger partial charge in [0.15, 0.2) is 0 Å². The highest BCUT2D eigenvalue weighted by molar-refractivity contribution is 5.99. The van der Waals surface area contributed by atoms with Crippen molar-refractivity contribution >= 4 is 21.8 Å². The molecule has 34 heavy (non-hydrogen) atoms. The van der Waals surface area contributed by atoms with Gasteiger partial charge in [0.1, 0.15) is 5.69 Å². The molecule has 0 bridgehead atoms. The maximum Gasteiger partial charge on any atom is 0.116 e. The molecule has 7 heteroatoms. The summed E-state index contributed by atoms with van der Waals surface area (Å²) in [5, 5.41) is 13.4. The van der Waals surface area contributed by atoms with Gasteiger partial charge in [-0.25, -0.2) is 4.98 Å². The summed E-state index contributed by atoms with van der Waals surface area (Å²) in [7, 11) is 0. The first-order chi connectivity index (χ1) is 16.7. The Bertz CT molecular complexity index is 1620. The van der Waals surface area contributed by atoms with Gasteiger partial charge in [0.05, 0.1) is 28.9 Å². The first-order valence-corrected chi connectivity index (χ1v) is 11.5. The largest absolute Gasteiger partial charge is 0.353 e. The van der Waals surface area contributed by atoms with Crippen LogP contribution in [0.15, 0.2) is 73.4 Å². The minimum absolute atomic E-state index is 0.810. The smallest absolute Gasteiger partial charge is 0.116 e. The lowest BCUT2D eigenvalue weighted by atomic mass is 10.0. The van der Waals surface area contributed by atoms with Gasteiger partial charge >= 0.3 is 0 Å². The minimum Gasteiger partial charge on any atom is -0.353 e. The van der Waals surface area contributed by atoms with Crippen LogP contribution in [0.1, 0.15) is 18.2 Å². The van der Waals surface area contributed by atoms with E-state index in [0.717, 1.165) is 68.8 Å². The van der Waals surface area contributed by atoms with Crippen LogP contribution < -0.4 is 5.32 Å². The van der Waals surface area contributed by atoms with E-state index in [-0.39, 0.29) is 0 Å². The predicted molar refractivity (Wildman–Crippen MR) is 136 cm³/mol. The number of pyridine rings is 1. The molecule has 0 aliphatic heterocycles. The van der Waals surface area contributed by atoms with Crippen molar-refractivity contribution in [1.29, 1.82) is 0 Å². The molecule has 0 fully saturated rings. The number of aryl methyl sites for hydroxylation is 1. The minimum atomic E-state index is 0.810. The second-order valence-electron chi connectivity index (χ2n) is 8.54. The van der Waals surface area contributed by atoms with Crippen LogP contribution in [0, 0.1) is 6.92 Å². The second-order valence-corrected chi connectivity index (χ2v) is 8.54. The second kappa shape index (κ2) is 8.28. The first-order valence-electron chi connectivity index (χ1n) is 11.5. The SMILES string of the molecule is CCNCc1cncc(-c2ccc3[nH]nc(-c4cc5c(-n6cnc(C)c6)cccc5[nH]4)c3c2)c1. The summed E-state index contributed by atoms with van der Waals surface area (Å²) in [5.74, 6) is 0. The third-order valence-corrected chi connectivity index (χ3v) is 6.16. The van der Waals surface area contributed by atoms with Gasteiger partial charge in [-0.05, 0) is 61.0 Å². The lowest BCUT2D eigenvalue weighted by Gasteiger charge is -2.06. The van der Waals surface area contributed by atoms with Gasteiger partial charge in [-0.1, -0.05) is 19.1 Å². The molecule has 0 aliphatic carbocycles. The van der Waals surface area contributed by atoms with Crippen molar-refractivity contribution in [2.45, 2.75) is 20.4 Å². The molecule has 0 saturated heterocycles. The molecule has 6 rings (SSSR count). The van der Waals surface area contributed by atoms with E-state index < -0.39 is 0 Å². The zero-order valence-corrected chi connectivity index (χ0v) is 19.1. The lowest BCUT2D eigenvalue weighted by Crippen LogP contribution is -2.11. The van der Waals surface area contributed by atoms with Crippen LogP contribution in [0.25, 0.3) is 50.0 Å². The van der Waals surface area contributed by atoms with E-state index in [4.69, 9.17) is 0 Å². The van der Waals surface area contributed by atoms with Gasteiger partial charge in [0.2, 0.25) is 0 Å². The number of aromatic nitrogens is 6. The molecule has 7 nitrogen and oxygen atoms in total. The van der Waals surface area contributed by atoms with Gasteiger partial charge in [-0.15, -0.1) is 0 Å². The van der Waals surface area contributed by atoms with Gasteiger partial charge < -0.3 is 14.9 Å². The molecule has 0 aliphatic rings. The van der Waals surface area contributed by atoms with Crippen molar-refractivity contribution in [1.82, 2.24) is 35.0 Å². The molecule has 2 aromatic carbocycles. The van der Waals surface area contributed by atoms with E-state index >= 15 is 0 Å². The van der Waals surface area contributed by atoms with E-state index in [1.165, 1.54) is 5.56 Å². The molecule has 0 atom stereocenters. The van der Waals surface area contributed by atoms with E-state index in [2.05, 4.69) is 90.5 Å². The van der Waals surface area contributed by atoms with E-state index in [0.29, 0.717) is 0 Å². The number of rotatable bonds is 6. The highest BCUT2D eigenvalue weighted by Crippen LogP contribution is 2.33. The Balaban J connectivity index is 1.44. The molecule has 6 aromatic rings. The average molecular weight is 448 g/mol.